The molecule has 2 rings (SSSR count). The van der Waals surface area contributed by atoms with Crippen molar-refractivity contribution < 1.29 is 18.0 Å². The number of nitrogens with one attached hydrogen (secondary N) is 1. The molecule has 0 saturated heterocycles. The second-order valence-corrected chi connectivity index (χ2v) is 3.49. The quantitative estimate of drug-likeness (QED) is 0.906. The molecule has 0 aromatic carbocycles. The number of halogens is 3. The first-order chi connectivity index (χ1) is 8.97. The lowest BCUT2D eigenvalue weighted by Crippen LogP contribution is -2.16. The zero-order chi connectivity index (χ0) is 13.9. The second kappa shape index (κ2) is 5.01. The molecule has 0 aliphatic carbocycles. The number of pyridine rings is 1. The number of carbonyl (C=O) groups is 1. The van der Waals surface area contributed by atoms with Crippen LogP contribution in [0.2, 0.25) is 0 Å². The maximum Gasteiger partial charge on any atom is 0.417 e. The lowest BCUT2D eigenvalue weighted by Gasteiger charge is -2.07. The van der Waals surface area contributed by atoms with Gasteiger partial charge in [0.05, 0.1) is 11.1 Å². The van der Waals surface area contributed by atoms with Gasteiger partial charge in [0.15, 0.2) is 0 Å². The summed E-state index contributed by atoms with van der Waals surface area (Å²) in [7, 11) is 0. The SMILES string of the molecule is O=C(Nc1ncccn1)c1cncc(C(F)(F)F)c1. The Morgan fingerprint density at radius 1 is 1.16 bits per heavy atom. The average molecular weight is 268 g/mol. The van der Waals surface area contributed by atoms with E-state index in [0.717, 1.165) is 6.20 Å². The van der Waals surface area contributed by atoms with Crippen molar-refractivity contribution in [3.8, 4) is 0 Å². The van der Waals surface area contributed by atoms with Crippen LogP contribution in [0.3, 0.4) is 0 Å². The van der Waals surface area contributed by atoms with E-state index in [2.05, 4.69) is 20.3 Å². The number of carbonyl (C=O) groups excluding carboxylic acids is 1. The van der Waals surface area contributed by atoms with Crippen molar-refractivity contribution in [2.45, 2.75) is 6.18 Å². The molecule has 8 heteroatoms. The predicted octanol–water partition coefficient (Wildman–Crippen LogP) is 2.14. The van der Waals surface area contributed by atoms with E-state index in [1.807, 2.05) is 0 Å². The van der Waals surface area contributed by atoms with Crippen LogP contribution < -0.4 is 5.32 Å². The van der Waals surface area contributed by atoms with Crippen molar-refractivity contribution in [2.24, 2.45) is 0 Å². The summed E-state index contributed by atoms with van der Waals surface area (Å²) < 4.78 is 37.4. The second-order valence-electron chi connectivity index (χ2n) is 3.49. The summed E-state index contributed by atoms with van der Waals surface area (Å²) in [6.07, 6.45) is -0.0736. The standard InChI is InChI=1S/C11H7F3N4O/c12-11(13,14)8-4-7(5-15-6-8)9(19)18-10-16-2-1-3-17-10/h1-6H,(H,16,17,18,19). The third kappa shape index (κ3) is 3.24. The Bertz CT molecular complexity index is 586. The largest absolute Gasteiger partial charge is 0.417 e. The van der Waals surface area contributed by atoms with Crippen LogP contribution in [0.15, 0.2) is 36.9 Å². The molecule has 0 aliphatic rings. The van der Waals surface area contributed by atoms with E-state index in [0.29, 0.717) is 12.3 Å². The summed E-state index contributed by atoms with van der Waals surface area (Å²) in [6.45, 7) is 0. The van der Waals surface area contributed by atoms with Crippen LogP contribution in [0.1, 0.15) is 15.9 Å². The Hall–Kier alpha value is -2.51. The first kappa shape index (κ1) is 12.9. The molecule has 5 nitrogen and oxygen atoms in total. The highest BCUT2D eigenvalue weighted by atomic mass is 19.4. The van der Waals surface area contributed by atoms with Crippen LogP contribution in [0, 0.1) is 0 Å². The molecule has 2 aromatic heterocycles. The fourth-order valence-corrected chi connectivity index (χ4v) is 1.26. The van der Waals surface area contributed by atoms with Crippen molar-refractivity contribution in [1.82, 2.24) is 15.0 Å². The third-order valence-corrected chi connectivity index (χ3v) is 2.12. The van der Waals surface area contributed by atoms with Gasteiger partial charge in [0.2, 0.25) is 5.95 Å². The molecule has 0 spiro atoms. The van der Waals surface area contributed by atoms with Gasteiger partial charge in [-0.1, -0.05) is 0 Å². The van der Waals surface area contributed by atoms with Gasteiger partial charge in [0.1, 0.15) is 0 Å². The minimum atomic E-state index is -4.55. The minimum absolute atomic E-state index is 0.00455. The van der Waals surface area contributed by atoms with Crippen molar-refractivity contribution in [2.75, 3.05) is 5.32 Å². The molecule has 1 amide bonds. The molecule has 0 radical (unpaired) electrons. The smallest absolute Gasteiger partial charge is 0.290 e. The van der Waals surface area contributed by atoms with E-state index in [1.54, 1.807) is 6.07 Å². The van der Waals surface area contributed by atoms with E-state index < -0.39 is 17.6 Å². The topological polar surface area (TPSA) is 67.8 Å². The Morgan fingerprint density at radius 2 is 1.84 bits per heavy atom. The molecule has 19 heavy (non-hydrogen) atoms. The van der Waals surface area contributed by atoms with Gasteiger partial charge in [-0.05, 0) is 12.1 Å². The number of hydrogen-bond acceptors (Lipinski definition) is 4. The van der Waals surface area contributed by atoms with Gasteiger partial charge in [-0.25, -0.2) is 9.97 Å². The fraction of sp³-hybridized carbons (Fsp3) is 0.0909. The van der Waals surface area contributed by atoms with E-state index in [-0.39, 0.29) is 11.5 Å². The molecular weight excluding hydrogens is 261 g/mol. The van der Waals surface area contributed by atoms with E-state index >= 15 is 0 Å². The molecule has 2 aromatic rings. The van der Waals surface area contributed by atoms with Crippen molar-refractivity contribution in [3.63, 3.8) is 0 Å². The first-order valence-electron chi connectivity index (χ1n) is 5.07. The number of amides is 1. The molecular formula is C11H7F3N4O. The Labute approximate surface area is 105 Å². The van der Waals surface area contributed by atoms with Crippen molar-refractivity contribution >= 4 is 11.9 Å². The maximum absolute atomic E-state index is 12.5. The monoisotopic (exact) mass is 268 g/mol. The molecule has 2 heterocycles. The predicted molar refractivity (Wildman–Crippen MR) is 59.2 cm³/mol. The highest BCUT2D eigenvalue weighted by molar-refractivity contribution is 6.03. The van der Waals surface area contributed by atoms with Crippen LogP contribution in [-0.2, 0) is 6.18 Å². The fourth-order valence-electron chi connectivity index (χ4n) is 1.26. The normalized spacial score (nSPS) is 11.1. The first-order valence-corrected chi connectivity index (χ1v) is 5.07. The lowest BCUT2D eigenvalue weighted by molar-refractivity contribution is -0.137. The minimum Gasteiger partial charge on any atom is -0.290 e. The highest BCUT2D eigenvalue weighted by Gasteiger charge is 2.31. The maximum atomic E-state index is 12.5. The molecule has 0 unspecified atom stereocenters. The van der Waals surface area contributed by atoms with E-state index in [1.165, 1.54) is 12.4 Å². The molecule has 0 bridgehead atoms. The van der Waals surface area contributed by atoms with Crippen molar-refractivity contribution in [3.05, 3.63) is 48.0 Å². The summed E-state index contributed by atoms with van der Waals surface area (Å²) in [6, 6.07) is 2.26. The van der Waals surface area contributed by atoms with Gasteiger partial charge >= 0.3 is 6.18 Å². The molecule has 0 fully saturated rings. The van der Waals surface area contributed by atoms with E-state index in [4.69, 9.17) is 0 Å². The van der Waals surface area contributed by atoms with Crippen LogP contribution in [0.25, 0.3) is 0 Å². The lowest BCUT2D eigenvalue weighted by atomic mass is 10.2. The van der Waals surface area contributed by atoms with Gasteiger partial charge in [-0.3, -0.25) is 15.1 Å². The van der Waals surface area contributed by atoms with Gasteiger partial charge in [0.25, 0.3) is 5.91 Å². The Kier molecular flexibility index (Phi) is 3.41. The van der Waals surface area contributed by atoms with Crippen LogP contribution in [-0.4, -0.2) is 20.9 Å². The Morgan fingerprint density at radius 3 is 2.47 bits per heavy atom. The third-order valence-electron chi connectivity index (χ3n) is 2.12. The highest BCUT2D eigenvalue weighted by Crippen LogP contribution is 2.28. The van der Waals surface area contributed by atoms with E-state index in [9.17, 15) is 18.0 Å². The molecule has 98 valence electrons. The zero-order valence-electron chi connectivity index (χ0n) is 9.35. The van der Waals surface area contributed by atoms with Gasteiger partial charge in [-0.2, -0.15) is 13.2 Å². The van der Waals surface area contributed by atoms with Gasteiger partial charge < -0.3 is 0 Å². The summed E-state index contributed by atoms with van der Waals surface area (Å²) in [5.74, 6) is -0.755. The number of hydrogen-bond donors (Lipinski definition) is 1. The molecule has 1 N–H and O–H groups in total. The summed E-state index contributed by atoms with van der Waals surface area (Å²) in [5, 5.41) is 2.27. The average Bonchev–Trinajstić information content (AvgIpc) is 2.39. The number of nitrogens with zero attached hydrogens (tertiary/aromatic N) is 3. The molecule has 0 atom stereocenters. The van der Waals surface area contributed by atoms with Crippen LogP contribution in [0.5, 0.6) is 0 Å². The van der Waals surface area contributed by atoms with Crippen LogP contribution in [0.4, 0.5) is 19.1 Å². The number of anilines is 1. The summed E-state index contributed by atoms with van der Waals surface area (Å²) in [4.78, 5) is 22.5. The van der Waals surface area contributed by atoms with Gasteiger partial charge in [-0.15, -0.1) is 0 Å². The number of rotatable bonds is 2. The van der Waals surface area contributed by atoms with Crippen LogP contribution >= 0.6 is 0 Å². The molecule has 0 saturated carbocycles. The van der Waals surface area contributed by atoms with Gasteiger partial charge in [0, 0.05) is 24.8 Å². The van der Waals surface area contributed by atoms with Crippen molar-refractivity contribution in [1.29, 1.82) is 0 Å². The number of alkyl halides is 3. The Balaban J connectivity index is 2.20. The summed E-state index contributed by atoms with van der Waals surface area (Å²) >= 11 is 0. The summed E-state index contributed by atoms with van der Waals surface area (Å²) in [5.41, 5.74) is -1.21. The number of aromatic nitrogens is 3. The zero-order valence-corrected chi connectivity index (χ0v) is 9.35. The molecule has 0 aliphatic heterocycles.